The van der Waals surface area contributed by atoms with Crippen LogP contribution in [0.25, 0.3) is 0 Å². The van der Waals surface area contributed by atoms with Gasteiger partial charge in [-0.05, 0) is 31.6 Å². The summed E-state index contributed by atoms with van der Waals surface area (Å²) in [4.78, 5) is 0. The van der Waals surface area contributed by atoms with E-state index in [-0.39, 0.29) is 12.2 Å². The number of hydrogen-bond acceptors (Lipinski definition) is 2. The topological polar surface area (TPSA) is 29.5 Å². The molecule has 0 spiro atoms. The van der Waals surface area contributed by atoms with E-state index in [9.17, 15) is 5.11 Å². The first-order chi connectivity index (χ1) is 6.38. The van der Waals surface area contributed by atoms with E-state index in [4.69, 9.17) is 4.74 Å². The van der Waals surface area contributed by atoms with E-state index in [0.717, 1.165) is 19.4 Å². The SMILES string of the molecule is O[C@H](C1CCCCC1)[C@@H]1CCCO1. The number of ether oxygens (including phenoxy) is 1. The fourth-order valence-electron chi connectivity index (χ4n) is 2.65. The van der Waals surface area contributed by atoms with Gasteiger partial charge in [-0.3, -0.25) is 0 Å². The molecule has 0 aromatic carbocycles. The largest absolute Gasteiger partial charge is 0.390 e. The summed E-state index contributed by atoms with van der Waals surface area (Å²) in [5, 5.41) is 10.0. The molecule has 13 heavy (non-hydrogen) atoms. The molecule has 0 aromatic heterocycles. The molecule has 2 heteroatoms. The van der Waals surface area contributed by atoms with Crippen LogP contribution in [-0.2, 0) is 4.74 Å². The van der Waals surface area contributed by atoms with Crippen molar-refractivity contribution in [3.05, 3.63) is 0 Å². The highest BCUT2D eigenvalue weighted by Gasteiger charge is 2.31. The summed E-state index contributed by atoms with van der Waals surface area (Å²) >= 11 is 0. The first-order valence-corrected chi connectivity index (χ1v) is 5.67. The first kappa shape index (κ1) is 9.47. The van der Waals surface area contributed by atoms with Crippen LogP contribution in [0.15, 0.2) is 0 Å². The van der Waals surface area contributed by atoms with Crippen molar-refractivity contribution in [2.45, 2.75) is 57.2 Å². The van der Waals surface area contributed by atoms with Gasteiger partial charge in [-0.1, -0.05) is 19.3 Å². The lowest BCUT2D eigenvalue weighted by Crippen LogP contribution is -2.34. The van der Waals surface area contributed by atoms with Crippen LogP contribution in [0.2, 0.25) is 0 Å². The molecule has 0 aromatic rings. The minimum absolute atomic E-state index is 0.156. The molecule has 2 rings (SSSR count). The molecule has 1 heterocycles. The van der Waals surface area contributed by atoms with Crippen LogP contribution in [0.4, 0.5) is 0 Å². The molecule has 1 N–H and O–H groups in total. The normalized spacial score (nSPS) is 33.5. The van der Waals surface area contributed by atoms with Gasteiger partial charge < -0.3 is 9.84 Å². The van der Waals surface area contributed by atoms with Crippen LogP contribution in [0.3, 0.4) is 0 Å². The Morgan fingerprint density at radius 3 is 2.38 bits per heavy atom. The average Bonchev–Trinajstić information content (AvgIpc) is 2.71. The molecule has 0 amide bonds. The second kappa shape index (κ2) is 4.43. The van der Waals surface area contributed by atoms with Gasteiger partial charge >= 0.3 is 0 Å². The van der Waals surface area contributed by atoms with Gasteiger partial charge in [0.05, 0.1) is 12.2 Å². The molecule has 76 valence electrons. The number of hydrogen-bond donors (Lipinski definition) is 1. The summed E-state index contributed by atoms with van der Waals surface area (Å²) in [7, 11) is 0. The highest BCUT2D eigenvalue weighted by molar-refractivity contribution is 4.81. The van der Waals surface area contributed by atoms with Crippen molar-refractivity contribution in [1.29, 1.82) is 0 Å². The van der Waals surface area contributed by atoms with E-state index in [1.165, 1.54) is 32.1 Å². The Balaban J connectivity index is 1.83. The molecule has 1 aliphatic carbocycles. The van der Waals surface area contributed by atoms with Crippen LogP contribution in [0.1, 0.15) is 44.9 Å². The molecule has 0 unspecified atom stereocenters. The lowest BCUT2D eigenvalue weighted by atomic mass is 9.83. The van der Waals surface area contributed by atoms with E-state index in [1.54, 1.807) is 0 Å². The Labute approximate surface area is 80.3 Å². The average molecular weight is 184 g/mol. The minimum Gasteiger partial charge on any atom is -0.390 e. The Bertz CT molecular complexity index is 146. The monoisotopic (exact) mass is 184 g/mol. The quantitative estimate of drug-likeness (QED) is 0.712. The summed E-state index contributed by atoms with van der Waals surface area (Å²) in [5.41, 5.74) is 0. The molecule has 2 fully saturated rings. The Kier molecular flexibility index (Phi) is 3.23. The van der Waals surface area contributed by atoms with Crippen molar-refractivity contribution in [3.63, 3.8) is 0 Å². The summed E-state index contributed by atoms with van der Waals surface area (Å²) in [6.07, 6.45) is 8.55. The number of aliphatic hydroxyl groups is 1. The number of aliphatic hydroxyl groups excluding tert-OH is 1. The van der Waals surface area contributed by atoms with Crippen LogP contribution in [-0.4, -0.2) is 23.9 Å². The van der Waals surface area contributed by atoms with Crippen molar-refractivity contribution in [1.82, 2.24) is 0 Å². The maximum atomic E-state index is 10.0. The summed E-state index contributed by atoms with van der Waals surface area (Å²) in [5.74, 6) is 0.525. The van der Waals surface area contributed by atoms with Gasteiger partial charge in [-0.25, -0.2) is 0 Å². The van der Waals surface area contributed by atoms with Crippen LogP contribution in [0.5, 0.6) is 0 Å². The van der Waals surface area contributed by atoms with Crippen molar-refractivity contribution in [2.24, 2.45) is 5.92 Å². The standard InChI is InChI=1S/C11H20O2/c12-11(10-7-4-8-13-10)9-5-2-1-3-6-9/h9-12H,1-8H2/t10-,11+/m0/s1. The van der Waals surface area contributed by atoms with Crippen molar-refractivity contribution in [3.8, 4) is 0 Å². The molecule has 1 aliphatic heterocycles. The molecule has 1 saturated heterocycles. The smallest absolute Gasteiger partial charge is 0.0837 e. The third-order valence-electron chi connectivity index (χ3n) is 3.48. The molecule has 0 radical (unpaired) electrons. The summed E-state index contributed by atoms with van der Waals surface area (Å²) in [6.45, 7) is 0.856. The maximum absolute atomic E-state index is 10.0. The van der Waals surface area contributed by atoms with Crippen molar-refractivity contribution in [2.75, 3.05) is 6.61 Å². The first-order valence-electron chi connectivity index (χ1n) is 5.67. The fourth-order valence-corrected chi connectivity index (χ4v) is 2.65. The Morgan fingerprint density at radius 2 is 1.77 bits per heavy atom. The predicted molar refractivity (Wildman–Crippen MR) is 51.6 cm³/mol. The number of rotatable bonds is 2. The molecule has 2 atom stereocenters. The molecular weight excluding hydrogens is 164 g/mol. The van der Waals surface area contributed by atoms with Crippen LogP contribution in [0, 0.1) is 5.92 Å². The molecular formula is C11H20O2. The summed E-state index contributed by atoms with van der Waals surface area (Å²) < 4.78 is 5.52. The van der Waals surface area contributed by atoms with Gasteiger partial charge in [0.25, 0.3) is 0 Å². The zero-order chi connectivity index (χ0) is 9.10. The van der Waals surface area contributed by atoms with E-state index in [1.807, 2.05) is 0 Å². The van der Waals surface area contributed by atoms with Gasteiger partial charge in [-0.2, -0.15) is 0 Å². The van der Waals surface area contributed by atoms with Gasteiger partial charge in [0.2, 0.25) is 0 Å². The van der Waals surface area contributed by atoms with Crippen molar-refractivity contribution >= 4 is 0 Å². The molecule has 0 bridgehead atoms. The Morgan fingerprint density at radius 1 is 1.00 bits per heavy atom. The van der Waals surface area contributed by atoms with E-state index < -0.39 is 0 Å². The third-order valence-corrected chi connectivity index (χ3v) is 3.48. The highest BCUT2D eigenvalue weighted by atomic mass is 16.5. The third kappa shape index (κ3) is 2.23. The fraction of sp³-hybridized carbons (Fsp3) is 1.00. The van der Waals surface area contributed by atoms with Gasteiger partial charge in [-0.15, -0.1) is 0 Å². The zero-order valence-corrected chi connectivity index (χ0v) is 8.24. The van der Waals surface area contributed by atoms with Crippen LogP contribution < -0.4 is 0 Å². The van der Waals surface area contributed by atoms with E-state index in [0.29, 0.717) is 5.92 Å². The molecule has 2 nitrogen and oxygen atoms in total. The maximum Gasteiger partial charge on any atom is 0.0837 e. The second-order valence-corrected chi connectivity index (χ2v) is 4.44. The van der Waals surface area contributed by atoms with Crippen molar-refractivity contribution < 1.29 is 9.84 Å². The summed E-state index contributed by atoms with van der Waals surface area (Å²) in [6, 6.07) is 0. The van der Waals surface area contributed by atoms with E-state index >= 15 is 0 Å². The predicted octanol–water partition coefficient (Wildman–Crippen LogP) is 2.11. The minimum atomic E-state index is -0.178. The van der Waals surface area contributed by atoms with Gasteiger partial charge in [0.1, 0.15) is 0 Å². The zero-order valence-electron chi connectivity index (χ0n) is 8.24. The lowest BCUT2D eigenvalue weighted by molar-refractivity contribution is -0.0401. The van der Waals surface area contributed by atoms with Crippen LogP contribution >= 0.6 is 0 Å². The second-order valence-electron chi connectivity index (χ2n) is 4.44. The lowest BCUT2D eigenvalue weighted by Gasteiger charge is -2.29. The van der Waals surface area contributed by atoms with E-state index in [2.05, 4.69) is 0 Å². The Hall–Kier alpha value is -0.0800. The molecule has 1 saturated carbocycles. The van der Waals surface area contributed by atoms with Gasteiger partial charge in [0.15, 0.2) is 0 Å². The molecule has 2 aliphatic rings. The van der Waals surface area contributed by atoms with Gasteiger partial charge in [0, 0.05) is 6.61 Å². The highest BCUT2D eigenvalue weighted by Crippen LogP contribution is 2.31.